The number of benzene rings is 2. The van der Waals surface area contributed by atoms with Crippen LogP contribution in [0.4, 0.5) is 5.69 Å². The average Bonchev–Trinajstić information content (AvgIpc) is 3.10. The number of halogens is 1. The molecule has 1 aliphatic heterocycles. The van der Waals surface area contributed by atoms with E-state index in [1.54, 1.807) is 6.07 Å². The van der Waals surface area contributed by atoms with Crippen LogP contribution >= 0.6 is 11.6 Å². The lowest BCUT2D eigenvalue weighted by atomic mass is 9.77. The third-order valence-electron chi connectivity index (χ3n) is 4.69. The minimum absolute atomic E-state index is 0.280. The molecule has 1 aliphatic carbocycles. The van der Waals surface area contributed by atoms with Gasteiger partial charge in [-0.05, 0) is 12.1 Å². The Kier molecular flexibility index (Phi) is 2.33. The van der Waals surface area contributed by atoms with Crippen LogP contribution in [0.15, 0.2) is 53.5 Å². The number of fused-ring (bicyclic) bond motifs is 7. The fourth-order valence-electron chi connectivity index (χ4n) is 3.62. The van der Waals surface area contributed by atoms with Gasteiger partial charge in [-0.15, -0.1) is 11.6 Å². The van der Waals surface area contributed by atoms with Crippen molar-refractivity contribution in [3.8, 4) is 0 Å². The van der Waals surface area contributed by atoms with Crippen LogP contribution in [-0.2, 0) is 5.60 Å². The number of hydrogen-bond donors (Lipinski definition) is 2. The Labute approximate surface area is 136 Å². The van der Waals surface area contributed by atoms with E-state index in [0.29, 0.717) is 28.2 Å². The van der Waals surface area contributed by atoms with Crippen molar-refractivity contribution in [2.75, 3.05) is 0 Å². The Morgan fingerprint density at radius 1 is 1.13 bits per heavy atom. The van der Waals surface area contributed by atoms with Crippen molar-refractivity contribution in [1.82, 2.24) is 4.98 Å². The lowest BCUT2D eigenvalue weighted by Crippen LogP contribution is -2.50. The van der Waals surface area contributed by atoms with Gasteiger partial charge in [-0.25, -0.2) is 4.99 Å². The Balaban J connectivity index is 1.91. The molecule has 0 saturated carbocycles. The predicted molar refractivity (Wildman–Crippen MR) is 88.8 cm³/mol. The summed E-state index contributed by atoms with van der Waals surface area (Å²) >= 11 is 6.43. The second kappa shape index (κ2) is 4.10. The standard InChI is InChI=1S/C18H11ClN2O2/c19-16-15(22)13-9-5-1-3-7-11(9)20-14(13)17-18(16,23)10-6-2-4-8-12(10)21-17/h1-8,16,20,23H. The Morgan fingerprint density at radius 3 is 2.74 bits per heavy atom. The van der Waals surface area contributed by atoms with Gasteiger partial charge in [0.15, 0.2) is 11.4 Å². The molecule has 23 heavy (non-hydrogen) atoms. The molecule has 2 aromatic carbocycles. The lowest BCUT2D eigenvalue weighted by Gasteiger charge is -2.33. The topological polar surface area (TPSA) is 65.5 Å². The highest BCUT2D eigenvalue weighted by atomic mass is 35.5. The van der Waals surface area contributed by atoms with Crippen LogP contribution < -0.4 is 0 Å². The molecule has 0 fully saturated rings. The number of hydrogen-bond acceptors (Lipinski definition) is 3. The van der Waals surface area contributed by atoms with Crippen molar-refractivity contribution in [2.24, 2.45) is 4.99 Å². The number of aliphatic hydroxyl groups is 1. The largest absolute Gasteiger partial charge is 0.377 e. The van der Waals surface area contributed by atoms with E-state index in [1.165, 1.54) is 0 Å². The number of Topliss-reactive ketones (excluding diaryl/α,β-unsaturated/α-hetero) is 1. The first kappa shape index (κ1) is 13.0. The number of aromatic amines is 1. The second-order valence-corrected chi connectivity index (χ2v) is 6.33. The van der Waals surface area contributed by atoms with E-state index in [2.05, 4.69) is 9.98 Å². The van der Waals surface area contributed by atoms with E-state index < -0.39 is 11.0 Å². The van der Waals surface area contributed by atoms with Crippen LogP contribution in [0.5, 0.6) is 0 Å². The maximum atomic E-state index is 12.9. The van der Waals surface area contributed by atoms with Gasteiger partial charge in [0.1, 0.15) is 11.1 Å². The van der Waals surface area contributed by atoms with Gasteiger partial charge in [-0.1, -0.05) is 36.4 Å². The number of H-pyrrole nitrogens is 1. The molecule has 2 aliphatic rings. The van der Waals surface area contributed by atoms with E-state index >= 15 is 0 Å². The second-order valence-electron chi connectivity index (χ2n) is 5.89. The molecule has 2 N–H and O–H groups in total. The zero-order chi connectivity index (χ0) is 15.8. The average molecular weight is 323 g/mol. The van der Waals surface area contributed by atoms with Crippen molar-refractivity contribution in [3.63, 3.8) is 0 Å². The lowest BCUT2D eigenvalue weighted by molar-refractivity contribution is 0.0746. The van der Waals surface area contributed by atoms with Crippen molar-refractivity contribution in [2.45, 2.75) is 11.0 Å². The minimum atomic E-state index is -1.59. The molecule has 3 aromatic rings. The summed E-state index contributed by atoms with van der Waals surface area (Å²) < 4.78 is 0. The van der Waals surface area contributed by atoms with Crippen LogP contribution in [0.25, 0.3) is 10.9 Å². The van der Waals surface area contributed by atoms with E-state index in [4.69, 9.17) is 11.6 Å². The van der Waals surface area contributed by atoms with Gasteiger partial charge in [-0.3, -0.25) is 4.79 Å². The van der Waals surface area contributed by atoms with E-state index in [9.17, 15) is 9.90 Å². The molecule has 0 radical (unpaired) electrons. The monoisotopic (exact) mass is 322 g/mol. The Morgan fingerprint density at radius 2 is 1.87 bits per heavy atom. The summed E-state index contributed by atoms with van der Waals surface area (Å²) in [5, 5.41) is 11.0. The van der Waals surface area contributed by atoms with Gasteiger partial charge in [0, 0.05) is 16.5 Å². The summed E-state index contributed by atoms with van der Waals surface area (Å²) in [4.78, 5) is 20.7. The molecule has 112 valence electrons. The summed E-state index contributed by atoms with van der Waals surface area (Å²) in [5.74, 6) is -0.280. The minimum Gasteiger partial charge on any atom is -0.377 e. The smallest absolute Gasteiger partial charge is 0.187 e. The normalized spacial score (nSPS) is 25.0. The predicted octanol–water partition coefficient (Wildman–Crippen LogP) is 3.29. The number of para-hydroxylation sites is 2. The van der Waals surface area contributed by atoms with Gasteiger partial charge in [0.25, 0.3) is 0 Å². The highest BCUT2D eigenvalue weighted by molar-refractivity contribution is 6.43. The first-order valence-electron chi connectivity index (χ1n) is 7.33. The van der Waals surface area contributed by atoms with Gasteiger partial charge >= 0.3 is 0 Å². The van der Waals surface area contributed by atoms with Crippen molar-refractivity contribution < 1.29 is 9.90 Å². The van der Waals surface area contributed by atoms with Crippen LogP contribution in [0.1, 0.15) is 21.6 Å². The van der Waals surface area contributed by atoms with E-state index in [1.807, 2.05) is 42.5 Å². The summed E-state index contributed by atoms with van der Waals surface area (Å²) in [6, 6.07) is 14.8. The molecule has 0 spiro atoms. The number of carbonyl (C=O) groups is 1. The number of aliphatic imine (C=N–C) groups is 1. The Hall–Kier alpha value is -2.43. The first-order valence-corrected chi connectivity index (χ1v) is 7.76. The molecule has 5 rings (SSSR count). The number of rotatable bonds is 0. The molecule has 2 atom stereocenters. The highest BCUT2D eigenvalue weighted by Crippen LogP contribution is 2.49. The molecule has 4 nitrogen and oxygen atoms in total. The van der Waals surface area contributed by atoms with E-state index in [0.717, 1.165) is 10.9 Å². The van der Waals surface area contributed by atoms with Crippen molar-refractivity contribution in [3.05, 3.63) is 65.4 Å². The van der Waals surface area contributed by atoms with Crippen LogP contribution in [-0.4, -0.2) is 27.0 Å². The first-order chi connectivity index (χ1) is 11.1. The molecule has 0 saturated heterocycles. The quantitative estimate of drug-likeness (QED) is 0.624. The number of nitrogens with one attached hydrogen (secondary N) is 1. The summed E-state index contributed by atoms with van der Waals surface area (Å²) in [6.07, 6.45) is 0. The number of carbonyl (C=O) groups excluding carboxylic acids is 1. The van der Waals surface area contributed by atoms with Crippen LogP contribution in [0.2, 0.25) is 0 Å². The van der Waals surface area contributed by atoms with Crippen LogP contribution in [0, 0.1) is 0 Å². The molecule has 0 bridgehead atoms. The molecule has 0 amide bonds. The summed E-state index contributed by atoms with van der Waals surface area (Å²) in [6.45, 7) is 0. The zero-order valence-electron chi connectivity index (χ0n) is 11.9. The van der Waals surface area contributed by atoms with Gasteiger partial charge in [0.2, 0.25) is 0 Å². The highest BCUT2D eigenvalue weighted by Gasteiger charge is 2.56. The van der Waals surface area contributed by atoms with Crippen molar-refractivity contribution >= 4 is 39.7 Å². The fraction of sp³-hybridized carbons (Fsp3) is 0.111. The van der Waals surface area contributed by atoms with E-state index in [-0.39, 0.29) is 5.78 Å². The Bertz CT molecular complexity index is 1040. The summed E-state index contributed by atoms with van der Waals surface area (Å²) in [7, 11) is 0. The molecule has 2 unspecified atom stereocenters. The van der Waals surface area contributed by atoms with Gasteiger partial charge in [0.05, 0.1) is 16.9 Å². The molecule has 1 aromatic heterocycles. The molecule has 2 heterocycles. The number of alkyl halides is 1. The zero-order valence-corrected chi connectivity index (χ0v) is 12.6. The molecular formula is C18H11ClN2O2. The maximum absolute atomic E-state index is 12.9. The SMILES string of the molecule is O=C1c2c([nH]c3ccccc23)C2=Nc3ccccc3C2(O)C1Cl. The maximum Gasteiger partial charge on any atom is 0.187 e. The molecule has 5 heteroatoms. The molecular weight excluding hydrogens is 312 g/mol. The third kappa shape index (κ3) is 1.41. The number of nitrogens with zero attached hydrogens (tertiary/aromatic N) is 1. The van der Waals surface area contributed by atoms with Gasteiger partial charge < -0.3 is 10.1 Å². The van der Waals surface area contributed by atoms with Crippen molar-refractivity contribution in [1.29, 1.82) is 0 Å². The third-order valence-corrected chi connectivity index (χ3v) is 5.21. The van der Waals surface area contributed by atoms with Gasteiger partial charge in [-0.2, -0.15) is 0 Å². The number of aromatic nitrogens is 1. The fourth-order valence-corrected chi connectivity index (χ4v) is 3.95. The number of ketones is 1. The van der Waals surface area contributed by atoms with Crippen LogP contribution in [0.3, 0.4) is 0 Å². The summed E-state index contributed by atoms with van der Waals surface area (Å²) in [5.41, 5.74) is 1.96.